The van der Waals surface area contributed by atoms with E-state index >= 15 is 0 Å². The molecule has 1 aliphatic heterocycles. The van der Waals surface area contributed by atoms with Crippen LogP contribution in [0.15, 0.2) is 18.2 Å². The average Bonchev–Trinajstić information content (AvgIpc) is 3.06. The van der Waals surface area contributed by atoms with E-state index in [1.54, 1.807) is 6.92 Å². The highest BCUT2D eigenvalue weighted by Gasteiger charge is 2.26. The maximum atomic E-state index is 12.3. The van der Waals surface area contributed by atoms with Crippen LogP contribution in [0.25, 0.3) is 0 Å². The number of carbonyl (C=O) groups excluding carboxylic acids is 1. The molecule has 1 aromatic carbocycles. The molecule has 1 saturated heterocycles. The van der Waals surface area contributed by atoms with Gasteiger partial charge in [-0.15, -0.1) is 0 Å². The molecule has 146 valence electrons. The molecule has 0 aliphatic carbocycles. The predicted octanol–water partition coefficient (Wildman–Crippen LogP) is 2.04. The number of benzene rings is 1. The van der Waals surface area contributed by atoms with E-state index in [0.29, 0.717) is 25.3 Å². The maximum Gasteiger partial charge on any atom is 0.224 e. The van der Waals surface area contributed by atoms with Crippen molar-refractivity contribution in [3.8, 4) is 0 Å². The number of ether oxygens (including phenoxy) is 1. The van der Waals surface area contributed by atoms with E-state index in [4.69, 9.17) is 4.74 Å². The Hall–Kier alpha value is -1.64. The summed E-state index contributed by atoms with van der Waals surface area (Å²) in [7, 11) is 0.435. The van der Waals surface area contributed by atoms with Gasteiger partial charge in [0.25, 0.3) is 0 Å². The zero-order valence-corrected chi connectivity index (χ0v) is 16.8. The Morgan fingerprint density at radius 1 is 1.35 bits per heavy atom. The average molecular weight is 384 g/mol. The van der Waals surface area contributed by atoms with Crippen LogP contribution in [0.2, 0.25) is 0 Å². The highest BCUT2D eigenvalue weighted by atomic mass is 32.2. The van der Waals surface area contributed by atoms with Crippen molar-refractivity contribution >= 4 is 27.3 Å². The quantitative estimate of drug-likeness (QED) is 0.743. The Morgan fingerprint density at radius 2 is 2.08 bits per heavy atom. The molecule has 1 N–H and O–H groups in total. The van der Waals surface area contributed by atoms with Crippen molar-refractivity contribution in [2.45, 2.75) is 38.8 Å². The van der Waals surface area contributed by atoms with Crippen LogP contribution in [0.4, 0.5) is 11.4 Å². The number of nitrogens with zero attached hydrogens (tertiary/aromatic N) is 2. The molecule has 0 bridgehead atoms. The van der Waals surface area contributed by atoms with E-state index in [1.807, 2.05) is 37.2 Å². The molecule has 1 amide bonds. The third-order valence-electron chi connectivity index (χ3n) is 4.41. The monoisotopic (exact) mass is 383 g/mol. The van der Waals surface area contributed by atoms with Crippen molar-refractivity contribution in [1.82, 2.24) is 4.31 Å². The summed E-state index contributed by atoms with van der Waals surface area (Å²) < 4.78 is 31.7. The molecule has 8 heteroatoms. The molecule has 1 heterocycles. The molecule has 1 fully saturated rings. The molecule has 0 saturated carbocycles. The van der Waals surface area contributed by atoms with Gasteiger partial charge in [-0.1, -0.05) is 6.92 Å². The second-order valence-electron chi connectivity index (χ2n) is 6.83. The van der Waals surface area contributed by atoms with Crippen molar-refractivity contribution in [2.24, 2.45) is 0 Å². The summed E-state index contributed by atoms with van der Waals surface area (Å²) in [6, 6.07) is 5.57. The first-order chi connectivity index (χ1) is 12.2. The normalized spacial score (nSPS) is 17.5. The molecule has 1 aromatic rings. The van der Waals surface area contributed by atoms with Gasteiger partial charge in [-0.25, -0.2) is 8.42 Å². The van der Waals surface area contributed by atoms with Gasteiger partial charge in [-0.2, -0.15) is 4.31 Å². The van der Waals surface area contributed by atoms with E-state index in [-0.39, 0.29) is 18.6 Å². The Morgan fingerprint density at radius 3 is 2.62 bits per heavy atom. The van der Waals surface area contributed by atoms with Crippen molar-refractivity contribution in [1.29, 1.82) is 0 Å². The Labute approximate surface area is 156 Å². The largest absolute Gasteiger partial charge is 0.377 e. The Balaban J connectivity index is 2.29. The fourth-order valence-corrected chi connectivity index (χ4v) is 3.81. The van der Waals surface area contributed by atoms with Crippen LogP contribution in [0.5, 0.6) is 0 Å². The van der Waals surface area contributed by atoms with E-state index in [0.717, 1.165) is 24.1 Å². The molecular formula is C18H29N3O4S. The fraction of sp³-hybridized carbons (Fsp3) is 0.611. The minimum absolute atomic E-state index is 0.0597. The van der Waals surface area contributed by atoms with Gasteiger partial charge in [0, 0.05) is 51.6 Å². The van der Waals surface area contributed by atoms with Gasteiger partial charge >= 0.3 is 0 Å². The zero-order chi connectivity index (χ0) is 19.3. The third-order valence-corrected chi connectivity index (χ3v) is 5.63. The summed E-state index contributed by atoms with van der Waals surface area (Å²) in [5, 5.41) is 2.83. The van der Waals surface area contributed by atoms with Crippen molar-refractivity contribution in [2.75, 3.05) is 43.7 Å². The highest BCUT2D eigenvalue weighted by Crippen LogP contribution is 2.26. The van der Waals surface area contributed by atoms with Crippen molar-refractivity contribution in [3.63, 3.8) is 0 Å². The first-order valence-corrected chi connectivity index (χ1v) is 10.7. The molecule has 0 spiro atoms. The SMILES string of the molecule is CCC(=O)Nc1ccc(N(C)C)c(CN(C[C@@H]2CCCO2)S(C)(=O)=O)c1. The lowest BCUT2D eigenvalue weighted by molar-refractivity contribution is -0.115. The lowest BCUT2D eigenvalue weighted by Gasteiger charge is -2.26. The summed E-state index contributed by atoms with van der Waals surface area (Å²) in [5.74, 6) is -0.0760. The molecular weight excluding hydrogens is 354 g/mol. The van der Waals surface area contributed by atoms with Crippen LogP contribution in [0, 0.1) is 0 Å². The number of anilines is 2. The Bertz CT molecular complexity index is 728. The van der Waals surface area contributed by atoms with Crippen LogP contribution in [-0.2, 0) is 26.1 Å². The van der Waals surface area contributed by atoms with Gasteiger partial charge in [0.15, 0.2) is 0 Å². The fourth-order valence-electron chi connectivity index (χ4n) is 3.00. The first-order valence-electron chi connectivity index (χ1n) is 8.87. The topological polar surface area (TPSA) is 79.0 Å². The van der Waals surface area contributed by atoms with Gasteiger partial charge in [0.1, 0.15) is 0 Å². The molecule has 26 heavy (non-hydrogen) atoms. The van der Waals surface area contributed by atoms with E-state index in [9.17, 15) is 13.2 Å². The summed E-state index contributed by atoms with van der Waals surface area (Å²) in [6.07, 6.45) is 3.39. The molecule has 1 atom stereocenters. The van der Waals surface area contributed by atoms with Crippen LogP contribution < -0.4 is 10.2 Å². The number of amides is 1. The van der Waals surface area contributed by atoms with Crippen molar-refractivity contribution in [3.05, 3.63) is 23.8 Å². The van der Waals surface area contributed by atoms with Crippen LogP contribution in [0.1, 0.15) is 31.7 Å². The smallest absolute Gasteiger partial charge is 0.224 e. The number of hydrogen-bond acceptors (Lipinski definition) is 5. The molecule has 2 rings (SSSR count). The van der Waals surface area contributed by atoms with Gasteiger partial charge in [-0.3, -0.25) is 4.79 Å². The lowest BCUT2D eigenvalue weighted by Crippen LogP contribution is -2.36. The highest BCUT2D eigenvalue weighted by molar-refractivity contribution is 7.88. The zero-order valence-electron chi connectivity index (χ0n) is 16.0. The van der Waals surface area contributed by atoms with E-state index in [2.05, 4.69) is 5.32 Å². The first kappa shape index (κ1) is 20.7. The van der Waals surface area contributed by atoms with Gasteiger partial charge in [0.05, 0.1) is 12.4 Å². The molecule has 0 aromatic heterocycles. The minimum atomic E-state index is -3.39. The second kappa shape index (κ2) is 8.83. The molecule has 0 unspecified atom stereocenters. The van der Waals surface area contributed by atoms with Crippen molar-refractivity contribution < 1.29 is 17.9 Å². The van der Waals surface area contributed by atoms with Crippen LogP contribution >= 0.6 is 0 Å². The summed E-state index contributed by atoms with van der Waals surface area (Å²) >= 11 is 0. The van der Waals surface area contributed by atoms with Gasteiger partial charge < -0.3 is 15.0 Å². The van der Waals surface area contributed by atoms with Gasteiger partial charge in [-0.05, 0) is 36.6 Å². The maximum absolute atomic E-state index is 12.3. The summed E-state index contributed by atoms with van der Waals surface area (Å²) in [6.45, 7) is 3.06. The Kier molecular flexibility index (Phi) is 7.02. The lowest BCUT2D eigenvalue weighted by atomic mass is 10.1. The number of rotatable bonds is 8. The number of hydrogen-bond donors (Lipinski definition) is 1. The van der Waals surface area contributed by atoms with Crippen LogP contribution in [-0.4, -0.2) is 58.2 Å². The molecule has 7 nitrogen and oxygen atoms in total. The molecule has 0 radical (unpaired) electrons. The molecule has 1 aliphatic rings. The van der Waals surface area contributed by atoms with E-state index < -0.39 is 10.0 Å². The van der Waals surface area contributed by atoms with E-state index in [1.165, 1.54) is 10.6 Å². The second-order valence-corrected chi connectivity index (χ2v) is 8.81. The van der Waals surface area contributed by atoms with Crippen LogP contribution in [0.3, 0.4) is 0 Å². The number of sulfonamides is 1. The standard InChI is InChI=1S/C18H29N3O4S/c1-5-18(22)19-15-8-9-17(20(2)3)14(11-15)12-21(26(4,23)24)13-16-7-6-10-25-16/h8-9,11,16H,5-7,10,12-13H2,1-4H3,(H,19,22)/t16-/m0/s1. The predicted molar refractivity (Wildman–Crippen MR) is 104 cm³/mol. The summed E-state index contributed by atoms with van der Waals surface area (Å²) in [5.41, 5.74) is 2.43. The number of nitrogens with one attached hydrogen (secondary N) is 1. The minimum Gasteiger partial charge on any atom is -0.377 e. The number of carbonyl (C=O) groups is 1. The summed E-state index contributed by atoms with van der Waals surface area (Å²) in [4.78, 5) is 13.6. The van der Waals surface area contributed by atoms with Gasteiger partial charge in [0.2, 0.25) is 15.9 Å². The third kappa shape index (κ3) is 5.69.